The Labute approximate surface area is 99.8 Å². The number of carboxylic acid groups (broad SMARTS) is 1. The smallest absolute Gasteiger partial charge is 0.410 e. The minimum absolute atomic E-state index is 0.231. The lowest BCUT2D eigenvalue weighted by atomic mass is 10.2. The van der Waals surface area contributed by atoms with Crippen LogP contribution < -0.4 is 0 Å². The van der Waals surface area contributed by atoms with Crippen molar-refractivity contribution < 1.29 is 24.2 Å². The molecule has 6 nitrogen and oxygen atoms in total. The minimum atomic E-state index is -1.08. The molecule has 17 heavy (non-hydrogen) atoms. The quantitative estimate of drug-likeness (QED) is 0.595. The SMILES string of the molecule is CCOC(=O)/C=C/C1COC(C)(C)N1C(=O)O. The van der Waals surface area contributed by atoms with Crippen molar-refractivity contribution in [2.24, 2.45) is 0 Å². The molecule has 1 rings (SSSR count). The van der Waals surface area contributed by atoms with E-state index in [2.05, 4.69) is 0 Å². The molecule has 96 valence electrons. The van der Waals surface area contributed by atoms with Crippen LogP contribution in [0.3, 0.4) is 0 Å². The molecule has 0 aromatic heterocycles. The number of ether oxygens (including phenoxy) is 2. The first-order chi connectivity index (χ1) is 7.88. The molecule has 1 atom stereocenters. The summed E-state index contributed by atoms with van der Waals surface area (Å²) in [7, 11) is 0. The summed E-state index contributed by atoms with van der Waals surface area (Å²) in [6.45, 7) is 5.56. The van der Waals surface area contributed by atoms with Gasteiger partial charge in [0.25, 0.3) is 0 Å². The van der Waals surface area contributed by atoms with Crippen LogP contribution in [0, 0.1) is 0 Å². The van der Waals surface area contributed by atoms with E-state index in [1.807, 2.05) is 0 Å². The first-order valence-corrected chi connectivity index (χ1v) is 5.39. The van der Waals surface area contributed by atoms with Gasteiger partial charge in [-0.3, -0.25) is 4.90 Å². The lowest BCUT2D eigenvalue weighted by Crippen LogP contribution is -2.46. The third-order valence-corrected chi connectivity index (χ3v) is 2.47. The second-order valence-corrected chi connectivity index (χ2v) is 4.09. The average molecular weight is 243 g/mol. The van der Waals surface area contributed by atoms with Gasteiger partial charge in [-0.15, -0.1) is 0 Å². The van der Waals surface area contributed by atoms with Gasteiger partial charge in [-0.1, -0.05) is 6.08 Å². The summed E-state index contributed by atoms with van der Waals surface area (Å²) in [5.74, 6) is -0.484. The number of carbonyl (C=O) groups is 2. The number of rotatable bonds is 3. The molecule has 0 aromatic rings. The fourth-order valence-corrected chi connectivity index (χ4v) is 1.73. The Morgan fingerprint density at radius 2 is 2.24 bits per heavy atom. The highest BCUT2D eigenvalue weighted by Gasteiger charge is 2.42. The molecule has 0 aliphatic carbocycles. The van der Waals surface area contributed by atoms with E-state index in [0.29, 0.717) is 6.61 Å². The maximum atomic E-state index is 11.1. The van der Waals surface area contributed by atoms with E-state index in [9.17, 15) is 9.59 Å². The van der Waals surface area contributed by atoms with E-state index in [0.717, 1.165) is 0 Å². The van der Waals surface area contributed by atoms with Crippen molar-refractivity contribution >= 4 is 12.1 Å². The molecule has 1 fully saturated rings. The summed E-state index contributed by atoms with van der Waals surface area (Å²) in [5.41, 5.74) is -0.879. The predicted molar refractivity (Wildman–Crippen MR) is 59.5 cm³/mol. The van der Waals surface area contributed by atoms with E-state index in [1.165, 1.54) is 17.1 Å². The highest BCUT2D eigenvalue weighted by Crippen LogP contribution is 2.27. The first-order valence-electron chi connectivity index (χ1n) is 5.39. The van der Waals surface area contributed by atoms with E-state index < -0.39 is 23.8 Å². The Bertz CT molecular complexity index is 337. The van der Waals surface area contributed by atoms with Crippen LogP contribution in [0.1, 0.15) is 20.8 Å². The molecule has 0 aromatic carbocycles. The topological polar surface area (TPSA) is 76.1 Å². The Balaban J connectivity index is 2.72. The summed E-state index contributed by atoms with van der Waals surface area (Å²) >= 11 is 0. The zero-order valence-electron chi connectivity index (χ0n) is 10.2. The monoisotopic (exact) mass is 243 g/mol. The Morgan fingerprint density at radius 3 is 2.76 bits per heavy atom. The lowest BCUT2D eigenvalue weighted by molar-refractivity contribution is -0.137. The maximum absolute atomic E-state index is 11.1. The van der Waals surface area contributed by atoms with Crippen molar-refractivity contribution in [3.05, 3.63) is 12.2 Å². The third-order valence-electron chi connectivity index (χ3n) is 2.47. The number of nitrogens with zero attached hydrogens (tertiary/aromatic N) is 1. The zero-order valence-corrected chi connectivity index (χ0v) is 10.2. The van der Waals surface area contributed by atoms with Crippen LogP contribution in [0.4, 0.5) is 4.79 Å². The number of hydrogen-bond acceptors (Lipinski definition) is 4. The average Bonchev–Trinajstić information content (AvgIpc) is 2.51. The van der Waals surface area contributed by atoms with Crippen molar-refractivity contribution in [2.75, 3.05) is 13.2 Å². The Morgan fingerprint density at radius 1 is 1.59 bits per heavy atom. The van der Waals surface area contributed by atoms with Crippen molar-refractivity contribution in [3.63, 3.8) is 0 Å². The molecule has 0 bridgehead atoms. The van der Waals surface area contributed by atoms with Crippen molar-refractivity contribution in [1.82, 2.24) is 4.90 Å². The van der Waals surface area contributed by atoms with Gasteiger partial charge in [0, 0.05) is 6.08 Å². The van der Waals surface area contributed by atoms with Crippen LogP contribution in [-0.2, 0) is 14.3 Å². The normalized spacial score (nSPS) is 23.0. The fourth-order valence-electron chi connectivity index (χ4n) is 1.73. The number of esters is 1. The van der Waals surface area contributed by atoms with Gasteiger partial charge in [-0.2, -0.15) is 0 Å². The van der Waals surface area contributed by atoms with E-state index in [-0.39, 0.29) is 6.61 Å². The van der Waals surface area contributed by atoms with Crippen LogP contribution in [0.15, 0.2) is 12.2 Å². The minimum Gasteiger partial charge on any atom is -0.465 e. The standard InChI is InChI=1S/C11H17NO5/c1-4-16-9(13)6-5-8-7-17-11(2,3)12(8)10(14)15/h5-6,8H,4,7H2,1-3H3,(H,14,15)/b6-5+. The molecule has 6 heteroatoms. The molecule has 1 amide bonds. The fraction of sp³-hybridized carbons (Fsp3) is 0.636. The van der Waals surface area contributed by atoms with Gasteiger partial charge < -0.3 is 14.6 Å². The molecule has 0 spiro atoms. The molecule has 1 N–H and O–H groups in total. The second kappa shape index (κ2) is 5.18. The summed E-state index contributed by atoms with van der Waals surface area (Å²) in [6.07, 6.45) is 1.64. The molecule has 1 aliphatic rings. The van der Waals surface area contributed by atoms with E-state index in [1.54, 1.807) is 20.8 Å². The third kappa shape index (κ3) is 3.20. The van der Waals surface area contributed by atoms with Crippen molar-refractivity contribution in [3.8, 4) is 0 Å². The van der Waals surface area contributed by atoms with Gasteiger partial charge in [-0.25, -0.2) is 9.59 Å². The van der Waals surface area contributed by atoms with Gasteiger partial charge in [0.2, 0.25) is 0 Å². The van der Waals surface area contributed by atoms with Gasteiger partial charge >= 0.3 is 12.1 Å². The molecular formula is C11H17NO5. The van der Waals surface area contributed by atoms with Crippen LogP contribution in [0.5, 0.6) is 0 Å². The lowest BCUT2D eigenvalue weighted by Gasteiger charge is -2.29. The second-order valence-electron chi connectivity index (χ2n) is 4.09. The zero-order chi connectivity index (χ0) is 13.1. The van der Waals surface area contributed by atoms with Crippen molar-refractivity contribution in [1.29, 1.82) is 0 Å². The molecule has 1 heterocycles. The van der Waals surface area contributed by atoms with Gasteiger partial charge in [0.15, 0.2) is 0 Å². The molecule has 1 saturated heterocycles. The summed E-state index contributed by atoms with van der Waals surface area (Å²) in [6, 6.07) is -0.466. The number of carbonyl (C=O) groups excluding carboxylic acids is 1. The molecular weight excluding hydrogens is 226 g/mol. The van der Waals surface area contributed by atoms with Crippen LogP contribution in [-0.4, -0.2) is 47.0 Å². The molecule has 1 unspecified atom stereocenters. The van der Waals surface area contributed by atoms with Crippen LogP contribution in [0.2, 0.25) is 0 Å². The highest BCUT2D eigenvalue weighted by atomic mass is 16.5. The maximum Gasteiger partial charge on any atom is 0.410 e. The summed E-state index contributed by atoms with van der Waals surface area (Å²) < 4.78 is 10.1. The summed E-state index contributed by atoms with van der Waals surface area (Å²) in [5, 5.41) is 9.08. The van der Waals surface area contributed by atoms with Crippen LogP contribution >= 0.6 is 0 Å². The first kappa shape index (κ1) is 13.5. The van der Waals surface area contributed by atoms with Gasteiger partial charge in [0.05, 0.1) is 19.3 Å². The Kier molecular flexibility index (Phi) is 4.11. The van der Waals surface area contributed by atoms with Gasteiger partial charge in [0.1, 0.15) is 5.72 Å². The van der Waals surface area contributed by atoms with Crippen LogP contribution in [0.25, 0.3) is 0 Å². The largest absolute Gasteiger partial charge is 0.465 e. The molecule has 0 saturated carbocycles. The molecule has 1 aliphatic heterocycles. The van der Waals surface area contributed by atoms with E-state index >= 15 is 0 Å². The van der Waals surface area contributed by atoms with Crippen molar-refractivity contribution in [2.45, 2.75) is 32.5 Å². The van der Waals surface area contributed by atoms with E-state index in [4.69, 9.17) is 14.6 Å². The predicted octanol–water partition coefficient (Wildman–Crippen LogP) is 1.22. The number of hydrogen-bond donors (Lipinski definition) is 1. The summed E-state index contributed by atoms with van der Waals surface area (Å²) in [4.78, 5) is 23.4. The molecule has 0 radical (unpaired) electrons. The number of amides is 1. The Hall–Kier alpha value is -1.56. The highest BCUT2D eigenvalue weighted by molar-refractivity contribution is 5.82. The van der Waals surface area contributed by atoms with Gasteiger partial charge in [-0.05, 0) is 20.8 Å².